The molecule has 1 fully saturated rings. The van der Waals surface area contributed by atoms with Gasteiger partial charge in [0, 0.05) is 48.6 Å². The molecule has 2 heterocycles. The van der Waals surface area contributed by atoms with E-state index in [9.17, 15) is 22.8 Å². The van der Waals surface area contributed by atoms with Gasteiger partial charge < -0.3 is 9.84 Å². The van der Waals surface area contributed by atoms with Gasteiger partial charge in [0.1, 0.15) is 0 Å². The van der Waals surface area contributed by atoms with E-state index in [0.717, 1.165) is 4.90 Å². The maximum atomic E-state index is 14.1. The number of hydrogen-bond donors (Lipinski definition) is 1. The minimum atomic E-state index is -2.78. The summed E-state index contributed by atoms with van der Waals surface area (Å²) in [6.07, 6.45) is 4.82. The minimum Gasteiger partial charge on any atom is -0.356 e. The zero-order chi connectivity index (χ0) is 25.0. The molecule has 12 heteroatoms. The van der Waals surface area contributed by atoms with Gasteiger partial charge >= 0.3 is 0 Å². The molecule has 1 aliphatic carbocycles. The van der Waals surface area contributed by atoms with Crippen LogP contribution in [0, 0.1) is 0 Å². The fourth-order valence-electron chi connectivity index (χ4n) is 3.96. The molecule has 0 aliphatic heterocycles. The standard InChI is InChI=1S/C23H21ClF3N5O3/c24-20(25)22(34)32(16-3-1-14(2-4-16)18-7-10-30-35-18)19(17-13-28-11-12-29-17)21(33)31-15-5-8-23(26,27)9-6-15/h1-4,7,10-13,15,19-20H,5-6,8-9H2,(H,31,33)/t19?,20-/m0/s1. The van der Waals surface area contributed by atoms with Crippen molar-refractivity contribution in [3.05, 3.63) is 60.8 Å². The monoisotopic (exact) mass is 507 g/mol. The van der Waals surface area contributed by atoms with Crippen molar-refractivity contribution < 1.29 is 27.3 Å². The van der Waals surface area contributed by atoms with Gasteiger partial charge in [0.2, 0.25) is 11.8 Å². The van der Waals surface area contributed by atoms with Gasteiger partial charge in [0.15, 0.2) is 11.8 Å². The van der Waals surface area contributed by atoms with E-state index in [1.165, 1.54) is 36.9 Å². The molecule has 35 heavy (non-hydrogen) atoms. The summed E-state index contributed by atoms with van der Waals surface area (Å²) < 4.78 is 46.4. The first-order chi connectivity index (χ1) is 16.7. The number of alkyl halides is 4. The molecule has 1 aliphatic rings. The first-order valence-corrected chi connectivity index (χ1v) is 11.3. The van der Waals surface area contributed by atoms with Crippen LogP contribution in [0.25, 0.3) is 11.3 Å². The van der Waals surface area contributed by atoms with Crippen LogP contribution in [0.3, 0.4) is 0 Å². The van der Waals surface area contributed by atoms with Crippen molar-refractivity contribution in [3.63, 3.8) is 0 Å². The largest absolute Gasteiger partial charge is 0.356 e. The Kier molecular flexibility index (Phi) is 7.34. The lowest BCUT2D eigenvalue weighted by atomic mass is 9.92. The number of hydrogen-bond acceptors (Lipinski definition) is 6. The number of carbonyl (C=O) groups excluding carboxylic acids is 2. The molecule has 1 unspecified atom stereocenters. The number of amides is 2. The molecule has 0 bridgehead atoms. The third-order valence-corrected chi connectivity index (χ3v) is 5.91. The average Bonchev–Trinajstić information content (AvgIpc) is 3.39. The molecule has 2 amide bonds. The zero-order valence-electron chi connectivity index (χ0n) is 18.3. The first kappa shape index (κ1) is 24.6. The molecule has 2 aromatic heterocycles. The highest BCUT2D eigenvalue weighted by molar-refractivity contribution is 6.32. The van der Waals surface area contributed by atoms with Crippen molar-refractivity contribution in [2.24, 2.45) is 0 Å². The van der Waals surface area contributed by atoms with Crippen molar-refractivity contribution in [3.8, 4) is 11.3 Å². The number of nitrogens with zero attached hydrogens (tertiary/aromatic N) is 4. The number of rotatable bonds is 7. The summed E-state index contributed by atoms with van der Waals surface area (Å²) >= 11 is 5.51. The third-order valence-electron chi connectivity index (χ3n) is 5.73. The maximum Gasteiger partial charge on any atom is 0.278 e. The van der Waals surface area contributed by atoms with E-state index >= 15 is 0 Å². The van der Waals surface area contributed by atoms with Gasteiger partial charge in [-0.25, -0.2) is 13.2 Å². The van der Waals surface area contributed by atoms with Crippen LogP contribution in [0.5, 0.6) is 0 Å². The van der Waals surface area contributed by atoms with E-state index in [1.807, 2.05) is 0 Å². The number of nitrogens with one attached hydrogen (secondary N) is 1. The molecule has 1 saturated carbocycles. The van der Waals surface area contributed by atoms with Crippen molar-refractivity contribution in [2.45, 2.75) is 49.3 Å². The van der Waals surface area contributed by atoms with Crippen LogP contribution in [0.1, 0.15) is 37.4 Å². The summed E-state index contributed by atoms with van der Waals surface area (Å²) in [4.78, 5) is 35.3. The summed E-state index contributed by atoms with van der Waals surface area (Å²) in [5.74, 6) is -4.23. The van der Waals surface area contributed by atoms with Crippen LogP contribution in [-0.2, 0) is 9.59 Å². The van der Waals surface area contributed by atoms with Gasteiger partial charge in [-0.15, -0.1) is 0 Å². The van der Waals surface area contributed by atoms with Crippen LogP contribution < -0.4 is 10.2 Å². The zero-order valence-corrected chi connectivity index (χ0v) is 19.0. The van der Waals surface area contributed by atoms with Gasteiger partial charge in [-0.2, -0.15) is 0 Å². The molecule has 184 valence electrons. The van der Waals surface area contributed by atoms with Crippen LogP contribution in [-0.4, -0.2) is 44.5 Å². The van der Waals surface area contributed by atoms with E-state index in [4.69, 9.17) is 16.1 Å². The Hall–Kier alpha value is -3.47. The predicted octanol–water partition coefficient (Wildman–Crippen LogP) is 4.43. The Bertz CT molecular complexity index is 1140. The van der Waals surface area contributed by atoms with Gasteiger partial charge in [-0.1, -0.05) is 16.8 Å². The Balaban J connectivity index is 1.68. The second-order valence-corrected chi connectivity index (χ2v) is 8.49. The maximum absolute atomic E-state index is 14.1. The summed E-state index contributed by atoms with van der Waals surface area (Å²) in [6.45, 7) is 0. The van der Waals surface area contributed by atoms with E-state index in [2.05, 4.69) is 20.4 Å². The van der Waals surface area contributed by atoms with Crippen LogP contribution in [0.4, 0.5) is 18.9 Å². The molecule has 0 spiro atoms. The van der Waals surface area contributed by atoms with Gasteiger partial charge in [0.25, 0.3) is 11.5 Å². The molecular weight excluding hydrogens is 487 g/mol. The van der Waals surface area contributed by atoms with Crippen LogP contribution in [0.2, 0.25) is 0 Å². The average molecular weight is 508 g/mol. The Labute approximate surface area is 203 Å². The second-order valence-electron chi connectivity index (χ2n) is 8.10. The molecule has 3 aromatic rings. The summed E-state index contributed by atoms with van der Waals surface area (Å²) in [5, 5.41) is 6.35. The molecule has 4 rings (SSSR count). The predicted molar refractivity (Wildman–Crippen MR) is 120 cm³/mol. The van der Waals surface area contributed by atoms with Crippen LogP contribution in [0.15, 0.2) is 59.6 Å². The quantitative estimate of drug-likeness (QED) is 0.475. The van der Waals surface area contributed by atoms with E-state index in [0.29, 0.717) is 11.3 Å². The number of halogens is 4. The highest BCUT2D eigenvalue weighted by Crippen LogP contribution is 2.34. The molecule has 8 nitrogen and oxygen atoms in total. The first-order valence-electron chi connectivity index (χ1n) is 10.8. The Morgan fingerprint density at radius 1 is 1.11 bits per heavy atom. The fourth-order valence-corrected chi connectivity index (χ4v) is 4.07. The lowest BCUT2D eigenvalue weighted by Gasteiger charge is -2.34. The van der Waals surface area contributed by atoms with Gasteiger partial charge in [0.05, 0.1) is 18.1 Å². The number of aromatic nitrogens is 3. The SMILES string of the molecule is O=C(NC1CCC(F)(F)CC1)C(c1cnccn1)N(C(=O)[C@H](F)Cl)c1ccc(-c2ccno2)cc1. The van der Waals surface area contributed by atoms with E-state index in [-0.39, 0.29) is 37.1 Å². The normalized spacial score (nSPS) is 17.4. The lowest BCUT2D eigenvalue weighted by molar-refractivity contribution is -0.128. The van der Waals surface area contributed by atoms with Gasteiger partial charge in [-0.05, 0) is 37.1 Å². The number of anilines is 1. The Morgan fingerprint density at radius 3 is 2.40 bits per heavy atom. The second kappa shape index (κ2) is 10.4. The smallest absolute Gasteiger partial charge is 0.278 e. The molecular formula is C23H21ClF3N5O3. The van der Waals surface area contributed by atoms with Gasteiger partial charge in [-0.3, -0.25) is 24.5 Å². The third kappa shape index (κ3) is 5.79. The van der Waals surface area contributed by atoms with Crippen molar-refractivity contribution >= 4 is 29.1 Å². The fraction of sp³-hybridized carbons (Fsp3) is 0.348. The van der Waals surface area contributed by atoms with Crippen molar-refractivity contribution in [1.82, 2.24) is 20.4 Å². The number of benzene rings is 1. The summed E-state index contributed by atoms with van der Waals surface area (Å²) in [6, 6.07) is 5.84. The molecule has 2 atom stereocenters. The lowest BCUT2D eigenvalue weighted by Crippen LogP contribution is -2.49. The van der Waals surface area contributed by atoms with E-state index in [1.54, 1.807) is 18.2 Å². The minimum absolute atomic E-state index is 0.0520. The van der Waals surface area contributed by atoms with Crippen molar-refractivity contribution in [1.29, 1.82) is 0 Å². The topological polar surface area (TPSA) is 101 Å². The molecule has 1 N–H and O–H groups in total. The number of carbonyl (C=O) groups is 2. The van der Waals surface area contributed by atoms with Crippen molar-refractivity contribution in [2.75, 3.05) is 4.90 Å². The molecule has 0 radical (unpaired) electrons. The van der Waals surface area contributed by atoms with Crippen LogP contribution >= 0.6 is 11.6 Å². The summed E-state index contributed by atoms with van der Waals surface area (Å²) in [7, 11) is 0. The molecule has 1 aromatic carbocycles. The highest BCUT2D eigenvalue weighted by Gasteiger charge is 2.40. The van der Waals surface area contributed by atoms with E-state index < -0.39 is 35.5 Å². The highest BCUT2D eigenvalue weighted by atomic mass is 35.5. The Morgan fingerprint density at radius 2 is 1.83 bits per heavy atom. The molecule has 0 saturated heterocycles. The summed E-state index contributed by atoms with van der Waals surface area (Å²) in [5.41, 5.74) is -1.62.